The number of carbonyl (C=O) groups is 1. The summed E-state index contributed by atoms with van der Waals surface area (Å²) in [6.45, 7) is 1.89. The Kier molecular flexibility index (Phi) is 5.21. The fourth-order valence-electron chi connectivity index (χ4n) is 2.22. The highest BCUT2D eigenvalue weighted by molar-refractivity contribution is 5.89. The van der Waals surface area contributed by atoms with Gasteiger partial charge in [0.1, 0.15) is 5.75 Å². The Morgan fingerprint density at radius 2 is 1.96 bits per heavy atom. The second-order valence-corrected chi connectivity index (χ2v) is 5.46. The Balaban J connectivity index is 1.54. The number of H-pyrrole nitrogens is 1. The lowest BCUT2D eigenvalue weighted by Crippen LogP contribution is -2.24. The van der Waals surface area contributed by atoms with Crippen molar-refractivity contribution in [3.8, 4) is 17.0 Å². The number of nitrogens with zero attached hydrogens (tertiary/aromatic N) is 2. The van der Waals surface area contributed by atoms with Gasteiger partial charge in [0.05, 0.1) is 18.1 Å². The molecule has 1 aromatic heterocycles. The van der Waals surface area contributed by atoms with E-state index in [4.69, 9.17) is 4.74 Å². The van der Waals surface area contributed by atoms with Crippen molar-refractivity contribution in [2.75, 3.05) is 6.61 Å². The third-order valence-electron chi connectivity index (χ3n) is 3.51. The first-order valence-corrected chi connectivity index (χ1v) is 7.82. The van der Waals surface area contributed by atoms with Crippen LogP contribution in [-0.2, 0) is 4.79 Å². The van der Waals surface area contributed by atoms with Gasteiger partial charge in [-0.3, -0.25) is 9.89 Å². The summed E-state index contributed by atoms with van der Waals surface area (Å²) in [5.74, 6) is 0.313. The van der Waals surface area contributed by atoms with Gasteiger partial charge in [0.2, 0.25) is 0 Å². The number of aryl methyl sites for hydroxylation is 1. The van der Waals surface area contributed by atoms with E-state index in [1.807, 2.05) is 61.5 Å². The molecule has 0 spiro atoms. The second-order valence-electron chi connectivity index (χ2n) is 5.46. The fourth-order valence-corrected chi connectivity index (χ4v) is 2.22. The smallest absolute Gasteiger partial charge is 0.277 e. The highest BCUT2D eigenvalue weighted by atomic mass is 16.5. The predicted molar refractivity (Wildman–Crippen MR) is 96.4 cm³/mol. The number of aromatic nitrogens is 2. The number of amides is 1. The van der Waals surface area contributed by atoms with Gasteiger partial charge < -0.3 is 4.74 Å². The van der Waals surface area contributed by atoms with E-state index >= 15 is 0 Å². The highest BCUT2D eigenvalue weighted by Gasteiger charge is 2.05. The molecular weight excluding hydrogens is 316 g/mol. The quantitative estimate of drug-likeness (QED) is 0.537. The van der Waals surface area contributed by atoms with Gasteiger partial charge in [-0.1, -0.05) is 48.0 Å². The molecular formula is C19H18N4O2. The lowest BCUT2D eigenvalue weighted by molar-refractivity contribution is -0.123. The number of hydrogen-bond acceptors (Lipinski definition) is 4. The second kappa shape index (κ2) is 7.92. The van der Waals surface area contributed by atoms with E-state index in [1.165, 1.54) is 0 Å². The summed E-state index contributed by atoms with van der Waals surface area (Å²) in [6, 6.07) is 17.3. The lowest BCUT2D eigenvalue weighted by Gasteiger charge is -2.05. The minimum absolute atomic E-state index is 0.0999. The first-order valence-electron chi connectivity index (χ1n) is 7.82. The molecule has 6 heteroatoms. The summed E-state index contributed by atoms with van der Waals surface area (Å²) >= 11 is 0. The van der Waals surface area contributed by atoms with Crippen LogP contribution in [0.2, 0.25) is 0 Å². The van der Waals surface area contributed by atoms with E-state index in [0.29, 0.717) is 5.75 Å². The number of hydrogen-bond donors (Lipinski definition) is 2. The van der Waals surface area contributed by atoms with Crippen LogP contribution >= 0.6 is 0 Å². The van der Waals surface area contributed by atoms with Gasteiger partial charge in [0, 0.05) is 11.1 Å². The van der Waals surface area contributed by atoms with E-state index in [0.717, 1.165) is 22.4 Å². The van der Waals surface area contributed by atoms with E-state index in [9.17, 15) is 4.79 Å². The predicted octanol–water partition coefficient (Wildman–Crippen LogP) is 2.91. The molecule has 0 aliphatic heterocycles. The third kappa shape index (κ3) is 4.54. The third-order valence-corrected chi connectivity index (χ3v) is 3.51. The summed E-state index contributed by atoms with van der Waals surface area (Å²) in [7, 11) is 0. The van der Waals surface area contributed by atoms with Crippen LogP contribution in [0.15, 0.2) is 65.9 Å². The fraction of sp³-hybridized carbons (Fsp3) is 0.105. The van der Waals surface area contributed by atoms with Crippen LogP contribution in [0.25, 0.3) is 11.3 Å². The van der Waals surface area contributed by atoms with Crippen LogP contribution in [0.4, 0.5) is 0 Å². The maximum Gasteiger partial charge on any atom is 0.277 e. The Morgan fingerprint density at radius 3 is 2.72 bits per heavy atom. The summed E-state index contributed by atoms with van der Waals surface area (Å²) in [4.78, 5) is 11.8. The van der Waals surface area contributed by atoms with Gasteiger partial charge in [-0.25, -0.2) is 5.43 Å². The number of rotatable bonds is 6. The van der Waals surface area contributed by atoms with Crippen molar-refractivity contribution in [1.29, 1.82) is 0 Å². The van der Waals surface area contributed by atoms with Crippen molar-refractivity contribution in [2.24, 2.45) is 5.10 Å². The zero-order chi connectivity index (χ0) is 17.5. The number of hydrazone groups is 1. The van der Waals surface area contributed by atoms with Crippen molar-refractivity contribution in [1.82, 2.24) is 15.6 Å². The van der Waals surface area contributed by atoms with Crippen LogP contribution in [0.3, 0.4) is 0 Å². The average Bonchev–Trinajstić information content (AvgIpc) is 3.10. The van der Waals surface area contributed by atoms with Crippen molar-refractivity contribution < 1.29 is 9.53 Å². The van der Waals surface area contributed by atoms with Crippen molar-refractivity contribution >= 4 is 12.1 Å². The van der Waals surface area contributed by atoms with Gasteiger partial charge in [0.25, 0.3) is 5.91 Å². The lowest BCUT2D eigenvalue weighted by atomic mass is 10.1. The maximum atomic E-state index is 11.8. The monoisotopic (exact) mass is 334 g/mol. The van der Waals surface area contributed by atoms with Crippen molar-refractivity contribution in [2.45, 2.75) is 6.92 Å². The number of benzene rings is 2. The minimum atomic E-state index is -0.332. The minimum Gasteiger partial charge on any atom is -0.484 e. The molecule has 0 bridgehead atoms. The molecule has 3 aromatic rings. The number of nitrogens with one attached hydrogen (secondary N) is 2. The molecule has 6 nitrogen and oxygen atoms in total. The summed E-state index contributed by atoms with van der Waals surface area (Å²) in [6.07, 6.45) is 3.20. The molecule has 1 heterocycles. The standard InChI is InChI=1S/C19H18N4O2/c1-14-7-9-17(10-8-14)25-13-18(24)22-20-11-16-12-21-23-19(16)15-5-3-2-4-6-15/h2-12H,13H2,1H3,(H,21,23)(H,22,24)/b20-11-. The van der Waals surface area contributed by atoms with Crippen molar-refractivity contribution in [3.63, 3.8) is 0 Å². The first-order chi connectivity index (χ1) is 12.2. The Hall–Kier alpha value is -3.41. The molecule has 0 atom stereocenters. The number of aromatic amines is 1. The molecule has 126 valence electrons. The Bertz CT molecular complexity index is 855. The largest absolute Gasteiger partial charge is 0.484 e. The molecule has 0 fully saturated rings. The van der Waals surface area contributed by atoms with E-state index in [1.54, 1.807) is 12.4 Å². The molecule has 2 N–H and O–H groups in total. The van der Waals surface area contributed by atoms with Gasteiger partial charge in [0.15, 0.2) is 6.61 Å². The van der Waals surface area contributed by atoms with Crippen LogP contribution in [0, 0.1) is 6.92 Å². The molecule has 0 saturated carbocycles. The van der Waals surface area contributed by atoms with Gasteiger partial charge >= 0.3 is 0 Å². The number of ether oxygens (including phenoxy) is 1. The van der Waals surface area contributed by atoms with E-state index in [-0.39, 0.29) is 12.5 Å². The molecule has 1 amide bonds. The summed E-state index contributed by atoms with van der Waals surface area (Å²) < 4.78 is 5.40. The van der Waals surface area contributed by atoms with Gasteiger partial charge in [-0.2, -0.15) is 10.2 Å². The first kappa shape index (κ1) is 16.4. The van der Waals surface area contributed by atoms with Gasteiger partial charge in [-0.05, 0) is 19.1 Å². The topological polar surface area (TPSA) is 79.4 Å². The number of carbonyl (C=O) groups excluding carboxylic acids is 1. The Morgan fingerprint density at radius 1 is 1.20 bits per heavy atom. The van der Waals surface area contributed by atoms with Crippen molar-refractivity contribution in [3.05, 3.63) is 71.9 Å². The average molecular weight is 334 g/mol. The summed E-state index contributed by atoms with van der Waals surface area (Å²) in [5.41, 5.74) is 6.20. The molecule has 2 aromatic carbocycles. The zero-order valence-corrected chi connectivity index (χ0v) is 13.8. The maximum absolute atomic E-state index is 11.8. The molecule has 25 heavy (non-hydrogen) atoms. The molecule has 0 unspecified atom stereocenters. The molecule has 0 aliphatic rings. The molecule has 3 rings (SSSR count). The van der Waals surface area contributed by atoms with Crippen LogP contribution in [0.1, 0.15) is 11.1 Å². The highest BCUT2D eigenvalue weighted by Crippen LogP contribution is 2.18. The molecule has 0 saturated heterocycles. The molecule has 0 aliphatic carbocycles. The normalized spacial score (nSPS) is 10.8. The van der Waals surface area contributed by atoms with Gasteiger partial charge in [-0.15, -0.1) is 0 Å². The van der Waals surface area contributed by atoms with Crippen LogP contribution < -0.4 is 10.2 Å². The Labute approximate surface area is 145 Å². The van der Waals surface area contributed by atoms with E-state index < -0.39 is 0 Å². The van der Waals surface area contributed by atoms with Crippen LogP contribution in [-0.4, -0.2) is 28.9 Å². The zero-order valence-electron chi connectivity index (χ0n) is 13.8. The summed E-state index contributed by atoms with van der Waals surface area (Å²) in [5, 5.41) is 10.9. The van der Waals surface area contributed by atoms with E-state index in [2.05, 4.69) is 20.7 Å². The van der Waals surface area contributed by atoms with Crippen LogP contribution in [0.5, 0.6) is 5.75 Å². The SMILES string of the molecule is Cc1ccc(OCC(=O)N/N=C\c2cn[nH]c2-c2ccccc2)cc1. The molecule has 0 radical (unpaired) electrons.